The fraction of sp³-hybridized carbons (Fsp3) is 0.438. The Morgan fingerprint density at radius 1 is 1.18 bits per heavy atom. The highest BCUT2D eigenvalue weighted by molar-refractivity contribution is 7.95. The van der Waals surface area contributed by atoms with Crippen molar-refractivity contribution in [2.75, 3.05) is 33.2 Å². The summed E-state index contributed by atoms with van der Waals surface area (Å²) < 4.78 is 25.3. The Morgan fingerprint density at radius 3 is 2.36 bits per heavy atom. The molecule has 22 heavy (non-hydrogen) atoms. The molecule has 1 aromatic carbocycles. The van der Waals surface area contributed by atoms with Crippen LogP contribution >= 0.6 is 0 Å². The summed E-state index contributed by atoms with van der Waals surface area (Å²) in [5.41, 5.74) is 1.93. The lowest BCUT2D eigenvalue weighted by Crippen LogP contribution is -2.42. The van der Waals surface area contributed by atoms with Crippen molar-refractivity contribution in [1.29, 1.82) is 5.26 Å². The van der Waals surface area contributed by atoms with Crippen LogP contribution in [0.15, 0.2) is 34.2 Å². The normalized spacial score (nSPS) is 17.4. The van der Waals surface area contributed by atoms with E-state index in [-0.39, 0.29) is 9.80 Å². The third-order valence-corrected chi connectivity index (χ3v) is 5.68. The molecular formula is C16H21N3O2S. The van der Waals surface area contributed by atoms with Gasteiger partial charge in [0, 0.05) is 32.4 Å². The van der Waals surface area contributed by atoms with Crippen LogP contribution in [0.1, 0.15) is 11.1 Å². The van der Waals surface area contributed by atoms with Crippen LogP contribution in [-0.4, -0.2) is 51.4 Å². The molecule has 1 aliphatic heterocycles. The van der Waals surface area contributed by atoms with E-state index in [1.807, 2.05) is 31.9 Å². The number of likely N-dealkylation sites (N-methyl/N-ethyl adjacent to an activating group) is 1. The van der Waals surface area contributed by atoms with Crippen molar-refractivity contribution in [2.24, 2.45) is 0 Å². The monoisotopic (exact) mass is 319 g/mol. The van der Waals surface area contributed by atoms with Crippen LogP contribution in [0.5, 0.6) is 0 Å². The maximum atomic E-state index is 12.6. The Balaban J connectivity index is 2.33. The molecule has 118 valence electrons. The van der Waals surface area contributed by atoms with E-state index in [9.17, 15) is 13.7 Å². The van der Waals surface area contributed by atoms with Gasteiger partial charge in [0.25, 0.3) is 0 Å². The average Bonchev–Trinajstić information content (AvgIpc) is 2.49. The Morgan fingerprint density at radius 2 is 1.82 bits per heavy atom. The van der Waals surface area contributed by atoms with Gasteiger partial charge in [0.15, 0.2) is 4.91 Å². The molecule has 0 spiro atoms. The Bertz CT molecular complexity index is 724. The van der Waals surface area contributed by atoms with Crippen LogP contribution in [0.3, 0.4) is 0 Å². The second-order valence-electron chi connectivity index (χ2n) is 5.69. The summed E-state index contributed by atoms with van der Waals surface area (Å²) in [6.07, 6.45) is 1.48. The lowest BCUT2D eigenvalue weighted by Gasteiger charge is -2.31. The summed E-state index contributed by atoms with van der Waals surface area (Å²) >= 11 is 0. The number of piperazine rings is 1. The van der Waals surface area contributed by atoms with Crippen molar-refractivity contribution in [2.45, 2.75) is 18.7 Å². The molecule has 0 aromatic heterocycles. The van der Waals surface area contributed by atoms with Crippen molar-refractivity contribution in [3.8, 4) is 6.07 Å². The zero-order valence-electron chi connectivity index (χ0n) is 13.2. The molecule has 0 saturated carbocycles. The van der Waals surface area contributed by atoms with Gasteiger partial charge in [-0.1, -0.05) is 6.07 Å². The largest absolute Gasteiger partial charge is 0.373 e. The fourth-order valence-electron chi connectivity index (χ4n) is 2.28. The summed E-state index contributed by atoms with van der Waals surface area (Å²) in [4.78, 5) is 4.06. The van der Waals surface area contributed by atoms with Gasteiger partial charge in [-0.25, -0.2) is 8.42 Å². The molecule has 1 aromatic rings. The van der Waals surface area contributed by atoms with Crippen LogP contribution in [0.25, 0.3) is 0 Å². The first-order chi connectivity index (χ1) is 10.3. The van der Waals surface area contributed by atoms with E-state index >= 15 is 0 Å². The van der Waals surface area contributed by atoms with E-state index in [0.717, 1.165) is 37.3 Å². The average molecular weight is 319 g/mol. The molecule has 0 amide bonds. The number of benzene rings is 1. The molecule has 0 atom stereocenters. The third-order valence-electron chi connectivity index (χ3n) is 4.03. The summed E-state index contributed by atoms with van der Waals surface area (Å²) in [6.45, 7) is 6.97. The number of allylic oxidation sites excluding steroid dienone is 1. The zero-order valence-corrected chi connectivity index (χ0v) is 14.0. The standard InChI is InChI=1S/C16H21N3O2S/c1-13-4-5-15(10-14(13)2)22(20,21)16(11-17)12-19-8-6-18(3)7-9-19/h4-5,10,12H,6-9H2,1-3H3. The highest BCUT2D eigenvalue weighted by Gasteiger charge is 2.23. The molecule has 5 nitrogen and oxygen atoms in total. The predicted molar refractivity (Wildman–Crippen MR) is 85.9 cm³/mol. The quantitative estimate of drug-likeness (QED) is 0.793. The van der Waals surface area contributed by atoms with E-state index < -0.39 is 9.84 Å². The maximum Gasteiger partial charge on any atom is 0.218 e. The van der Waals surface area contributed by atoms with Crippen molar-refractivity contribution >= 4 is 9.84 Å². The predicted octanol–water partition coefficient (Wildman–Crippen LogP) is 1.69. The minimum Gasteiger partial charge on any atom is -0.373 e. The van der Waals surface area contributed by atoms with Gasteiger partial charge in [0.1, 0.15) is 6.07 Å². The van der Waals surface area contributed by atoms with Gasteiger partial charge in [-0.3, -0.25) is 0 Å². The van der Waals surface area contributed by atoms with Gasteiger partial charge >= 0.3 is 0 Å². The molecule has 2 rings (SSSR count). The number of hydrogen-bond acceptors (Lipinski definition) is 5. The minimum atomic E-state index is -3.76. The molecule has 0 N–H and O–H groups in total. The second kappa shape index (κ2) is 6.51. The van der Waals surface area contributed by atoms with Gasteiger partial charge in [0.2, 0.25) is 9.84 Å². The number of hydrogen-bond donors (Lipinski definition) is 0. The summed E-state index contributed by atoms with van der Waals surface area (Å²) in [5.74, 6) is 0. The topological polar surface area (TPSA) is 64.4 Å². The number of nitrogens with zero attached hydrogens (tertiary/aromatic N) is 3. The van der Waals surface area contributed by atoms with Crippen LogP contribution in [0.4, 0.5) is 0 Å². The first-order valence-corrected chi connectivity index (χ1v) is 8.70. The number of nitriles is 1. The highest BCUT2D eigenvalue weighted by Crippen LogP contribution is 2.22. The lowest BCUT2D eigenvalue weighted by atomic mass is 10.1. The van der Waals surface area contributed by atoms with E-state index in [0.29, 0.717) is 0 Å². The number of sulfone groups is 1. The van der Waals surface area contributed by atoms with Crippen molar-refractivity contribution in [3.05, 3.63) is 40.4 Å². The Hall–Kier alpha value is -1.84. The van der Waals surface area contributed by atoms with Crippen LogP contribution in [-0.2, 0) is 9.84 Å². The minimum absolute atomic E-state index is 0.178. The molecule has 0 radical (unpaired) electrons. The van der Waals surface area contributed by atoms with Crippen molar-refractivity contribution in [1.82, 2.24) is 9.80 Å². The molecule has 1 fully saturated rings. The molecule has 1 aliphatic rings. The Labute approximate surface area is 132 Å². The molecule has 1 saturated heterocycles. The Kier molecular flexibility index (Phi) is 4.89. The number of aryl methyl sites for hydroxylation is 2. The molecule has 6 heteroatoms. The van der Waals surface area contributed by atoms with Crippen LogP contribution in [0, 0.1) is 25.2 Å². The van der Waals surface area contributed by atoms with Gasteiger partial charge in [-0.15, -0.1) is 0 Å². The van der Waals surface area contributed by atoms with Gasteiger partial charge in [0.05, 0.1) is 4.90 Å². The molecule has 0 bridgehead atoms. The van der Waals surface area contributed by atoms with E-state index in [4.69, 9.17) is 0 Å². The van der Waals surface area contributed by atoms with Crippen LogP contribution in [0.2, 0.25) is 0 Å². The third kappa shape index (κ3) is 3.49. The number of rotatable bonds is 3. The molecular weight excluding hydrogens is 298 g/mol. The first-order valence-electron chi connectivity index (χ1n) is 7.21. The smallest absolute Gasteiger partial charge is 0.218 e. The van der Waals surface area contributed by atoms with Crippen molar-refractivity contribution in [3.63, 3.8) is 0 Å². The SMILES string of the molecule is Cc1ccc(S(=O)(=O)C(C#N)=CN2CCN(C)CC2)cc1C. The summed E-state index contributed by atoms with van der Waals surface area (Å²) in [6, 6.07) is 6.81. The lowest BCUT2D eigenvalue weighted by molar-refractivity contribution is 0.198. The maximum absolute atomic E-state index is 12.6. The summed E-state index contributed by atoms with van der Waals surface area (Å²) in [7, 11) is -1.73. The van der Waals surface area contributed by atoms with Crippen LogP contribution < -0.4 is 0 Å². The van der Waals surface area contributed by atoms with E-state index in [2.05, 4.69) is 4.90 Å². The van der Waals surface area contributed by atoms with Gasteiger partial charge < -0.3 is 9.80 Å². The summed E-state index contributed by atoms with van der Waals surface area (Å²) in [5, 5.41) is 9.29. The van der Waals surface area contributed by atoms with Crippen molar-refractivity contribution < 1.29 is 8.42 Å². The van der Waals surface area contributed by atoms with E-state index in [1.165, 1.54) is 6.20 Å². The molecule has 0 aliphatic carbocycles. The van der Waals surface area contributed by atoms with Gasteiger partial charge in [-0.05, 0) is 44.2 Å². The first kappa shape index (κ1) is 16.5. The van der Waals surface area contributed by atoms with E-state index in [1.54, 1.807) is 18.2 Å². The highest BCUT2D eigenvalue weighted by atomic mass is 32.2. The second-order valence-corrected chi connectivity index (χ2v) is 7.61. The molecule has 0 unspecified atom stereocenters. The van der Waals surface area contributed by atoms with Gasteiger partial charge in [-0.2, -0.15) is 5.26 Å². The fourth-order valence-corrected chi connectivity index (χ4v) is 3.52. The molecule has 1 heterocycles. The zero-order chi connectivity index (χ0) is 16.3.